The van der Waals surface area contributed by atoms with E-state index in [2.05, 4.69) is 6.07 Å². The second kappa shape index (κ2) is 9.05. The van der Waals surface area contributed by atoms with E-state index in [1.54, 1.807) is 11.9 Å². The summed E-state index contributed by atoms with van der Waals surface area (Å²) in [6.45, 7) is 0.555. The smallest absolute Gasteiger partial charge is 0.223 e. The van der Waals surface area contributed by atoms with Crippen molar-refractivity contribution in [3.63, 3.8) is 0 Å². The maximum atomic E-state index is 12.5. The maximum Gasteiger partial charge on any atom is 0.223 e. The van der Waals surface area contributed by atoms with Crippen molar-refractivity contribution in [2.75, 3.05) is 26.0 Å². The molecule has 3 rings (SSSR count). The summed E-state index contributed by atoms with van der Waals surface area (Å²) in [5, 5.41) is 0. The molecule has 4 nitrogen and oxygen atoms in total. The van der Waals surface area contributed by atoms with E-state index in [1.165, 1.54) is 24.0 Å². The predicted octanol–water partition coefficient (Wildman–Crippen LogP) is 4.25. The van der Waals surface area contributed by atoms with Crippen LogP contribution >= 0.6 is 0 Å². The average molecular weight is 379 g/mol. The van der Waals surface area contributed by atoms with Crippen LogP contribution in [0, 0.1) is 0 Å². The van der Waals surface area contributed by atoms with Crippen molar-refractivity contribution in [2.45, 2.75) is 45.1 Å². The van der Waals surface area contributed by atoms with E-state index < -0.39 is 0 Å². The lowest BCUT2D eigenvalue weighted by Crippen LogP contribution is -2.26. The number of amides is 1. The van der Waals surface area contributed by atoms with Crippen molar-refractivity contribution in [1.82, 2.24) is 4.90 Å². The lowest BCUT2D eigenvalue weighted by atomic mass is 9.89. The Hall–Kier alpha value is -2.62. The van der Waals surface area contributed by atoms with Crippen LogP contribution in [0.15, 0.2) is 42.5 Å². The Morgan fingerprint density at radius 3 is 2.21 bits per heavy atom. The highest BCUT2D eigenvalue weighted by Gasteiger charge is 2.16. The fourth-order valence-corrected chi connectivity index (χ4v) is 3.72. The number of carbonyl (C=O) groups is 2. The van der Waals surface area contributed by atoms with Crippen molar-refractivity contribution in [2.24, 2.45) is 0 Å². The number of fused-ring (bicyclic) bond motifs is 1. The molecule has 0 fully saturated rings. The lowest BCUT2D eigenvalue weighted by molar-refractivity contribution is -0.130. The molecule has 0 saturated carbocycles. The molecule has 0 saturated heterocycles. The number of Topliss-reactive ketones (excluding diaryl/α,β-unsaturated/α-hetero) is 1. The molecular weight excluding hydrogens is 348 g/mol. The number of ketones is 1. The summed E-state index contributed by atoms with van der Waals surface area (Å²) in [4.78, 5) is 28.7. The van der Waals surface area contributed by atoms with Gasteiger partial charge < -0.3 is 9.80 Å². The molecule has 2 aromatic carbocycles. The number of benzene rings is 2. The van der Waals surface area contributed by atoms with Crippen LogP contribution < -0.4 is 4.90 Å². The van der Waals surface area contributed by atoms with E-state index in [-0.39, 0.29) is 24.5 Å². The summed E-state index contributed by atoms with van der Waals surface area (Å²) < 4.78 is 0. The molecule has 0 aliphatic heterocycles. The molecule has 28 heavy (non-hydrogen) atoms. The third kappa shape index (κ3) is 5.00. The fourth-order valence-electron chi connectivity index (χ4n) is 3.72. The number of aryl methyl sites for hydroxylation is 2. The molecule has 0 atom stereocenters. The zero-order valence-corrected chi connectivity index (χ0v) is 17.2. The molecule has 0 bridgehead atoms. The molecule has 1 aliphatic carbocycles. The van der Waals surface area contributed by atoms with Gasteiger partial charge >= 0.3 is 0 Å². The van der Waals surface area contributed by atoms with E-state index in [9.17, 15) is 9.59 Å². The molecule has 148 valence electrons. The summed E-state index contributed by atoms with van der Waals surface area (Å²) in [5.74, 6) is 0.0634. The zero-order valence-electron chi connectivity index (χ0n) is 17.2. The van der Waals surface area contributed by atoms with Crippen LogP contribution in [0.25, 0.3) is 0 Å². The van der Waals surface area contributed by atoms with Gasteiger partial charge in [-0.3, -0.25) is 9.59 Å². The van der Waals surface area contributed by atoms with E-state index in [0.29, 0.717) is 6.54 Å². The van der Waals surface area contributed by atoms with Gasteiger partial charge in [0.2, 0.25) is 5.91 Å². The van der Waals surface area contributed by atoms with Crippen molar-refractivity contribution in [3.05, 3.63) is 64.7 Å². The highest BCUT2D eigenvalue weighted by molar-refractivity contribution is 5.98. The van der Waals surface area contributed by atoms with Gasteiger partial charge in [-0.15, -0.1) is 0 Å². The fraction of sp³-hybridized carbons (Fsp3) is 0.417. The molecule has 0 unspecified atom stereocenters. The molecule has 0 spiro atoms. The van der Waals surface area contributed by atoms with Gasteiger partial charge in [-0.05, 0) is 60.6 Å². The van der Waals surface area contributed by atoms with Gasteiger partial charge in [-0.25, -0.2) is 0 Å². The van der Waals surface area contributed by atoms with Gasteiger partial charge in [-0.1, -0.05) is 24.3 Å². The third-order valence-electron chi connectivity index (χ3n) is 5.53. The number of anilines is 1. The molecule has 0 radical (unpaired) electrons. The topological polar surface area (TPSA) is 40.6 Å². The van der Waals surface area contributed by atoms with E-state index >= 15 is 0 Å². The second-order valence-electron chi connectivity index (χ2n) is 7.92. The Balaban J connectivity index is 1.52. The van der Waals surface area contributed by atoms with Crippen molar-refractivity contribution < 1.29 is 9.59 Å². The van der Waals surface area contributed by atoms with Crippen LogP contribution in [0.4, 0.5) is 5.69 Å². The summed E-state index contributed by atoms with van der Waals surface area (Å²) in [7, 11) is 5.81. The van der Waals surface area contributed by atoms with Crippen molar-refractivity contribution in [3.8, 4) is 0 Å². The van der Waals surface area contributed by atoms with Gasteiger partial charge in [0.15, 0.2) is 5.78 Å². The summed E-state index contributed by atoms with van der Waals surface area (Å²) in [6.07, 6.45) is 5.12. The number of rotatable bonds is 7. The summed E-state index contributed by atoms with van der Waals surface area (Å²) in [6, 6.07) is 14.2. The van der Waals surface area contributed by atoms with Crippen LogP contribution in [-0.2, 0) is 24.2 Å². The van der Waals surface area contributed by atoms with Crippen LogP contribution in [0.5, 0.6) is 0 Å². The predicted molar refractivity (Wildman–Crippen MR) is 114 cm³/mol. The van der Waals surface area contributed by atoms with Gasteiger partial charge in [0.1, 0.15) is 0 Å². The molecule has 2 aromatic rings. The van der Waals surface area contributed by atoms with Gasteiger partial charge in [0.05, 0.1) is 0 Å². The number of nitrogens with zero attached hydrogens (tertiary/aromatic N) is 2. The number of carbonyl (C=O) groups excluding carboxylic acids is 2. The molecule has 0 heterocycles. The standard InChI is InChI=1S/C24H30N2O2/c1-25(2)22-12-8-18(9-13-22)17-26(3)24(28)15-14-23(27)21-11-10-19-6-4-5-7-20(19)16-21/h8-13,16H,4-7,14-15,17H2,1-3H3. The quantitative estimate of drug-likeness (QED) is 0.676. The minimum atomic E-state index is 0.00277. The first kappa shape index (κ1) is 20.1. The first-order valence-electron chi connectivity index (χ1n) is 10.1. The normalized spacial score (nSPS) is 13.0. The molecule has 4 heteroatoms. The molecular formula is C24H30N2O2. The Morgan fingerprint density at radius 2 is 1.54 bits per heavy atom. The SMILES string of the molecule is CN(Cc1ccc(N(C)C)cc1)C(=O)CCC(=O)c1ccc2c(c1)CCCC2. The monoisotopic (exact) mass is 378 g/mol. The minimum absolute atomic E-state index is 0.00277. The molecule has 1 amide bonds. The number of hydrogen-bond acceptors (Lipinski definition) is 3. The van der Waals surface area contributed by atoms with Crippen molar-refractivity contribution in [1.29, 1.82) is 0 Å². The summed E-state index contributed by atoms with van der Waals surface area (Å²) >= 11 is 0. The van der Waals surface area contributed by atoms with E-state index in [1.807, 2.05) is 55.4 Å². The molecule has 0 aromatic heterocycles. The largest absolute Gasteiger partial charge is 0.378 e. The average Bonchev–Trinajstić information content (AvgIpc) is 2.71. The van der Waals surface area contributed by atoms with Crippen molar-refractivity contribution >= 4 is 17.4 Å². The maximum absolute atomic E-state index is 12.5. The van der Waals surface area contributed by atoms with Crippen LogP contribution in [0.3, 0.4) is 0 Å². The molecule has 1 aliphatic rings. The Bertz CT molecular complexity index is 840. The Labute approximate surface area is 168 Å². The Kier molecular flexibility index (Phi) is 6.50. The van der Waals surface area contributed by atoms with Crippen LogP contribution in [0.1, 0.15) is 52.7 Å². The lowest BCUT2D eigenvalue weighted by Gasteiger charge is -2.19. The van der Waals surface area contributed by atoms with Gasteiger partial charge in [0.25, 0.3) is 0 Å². The summed E-state index contributed by atoms with van der Waals surface area (Å²) in [5.41, 5.74) is 5.65. The van der Waals surface area contributed by atoms with Gasteiger partial charge in [-0.2, -0.15) is 0 Å². The first-order valence-corrected chi connectivity index (χ1v) is 10.1. The molecule has 0 N–H and O–H groups in total. The van der Waals surface area contributed by atoms with Gasteiger partial charge in [0, 0.05) is 51.8 Å². The van der Waals surface area contributed by atoms with Crippen LogP contribution in [-0.4, -0.2) is 37.7 Å². The highest BCUT2D eigenvalue weighted by Crippen LogP contribution is 2.23. The van der Waals surface area contributed by atoms with E-state index in [4.69, 9.17) is 0 Å². The third-order valence-corrected chi connectivity index (χ3v) is 5.53. The number of hydrogen-bond donors (Lipinski definition) is 0. The van der Waals surface area contributed by atoms with E-state index in [0.717, 1.165) is 29.7 Å². The second-order valence-corrected chi connectivity index (χ2v) is 7.92. The zero-order chi connectivity index (χ0) is 20.1. The first-order chi connectivity index (χ1) is 13.4. The Morgan fingerprint density at radius 1 is 0.857 bits per heavy atom. The highest BCUT2D eigenvalue weighted by atomic mass is 16.2. The van der Waals surface area contributed by atoms with Crippen LogP contribution in [0.2, 0.25) is 0 Å². The minimum Gasteiger partial charge on any atom is -0.378 e.